The summed E-state index contributed by atoms with van der Waals surface area (Å²) in [6.45, 7) is 0. The van der Waals surface area contributed by atoms with Gasteiger partial charge in [-0.1, -0.05) is 6.07 Å². The summed E-state index contributed by atoms with van der Waals surface area (Å²) < 4.78 is 4.52. The summed E-state index contributed by atoms with van der Waals surface area (Å²) in [5.74, 6) is -1.67. The zero-order valence-corrected chi connectivity index (χ0v) is 10.7. The van der Waals surface area contributed by atoms with Crippen molar-refractivity contribution in [3.8, 4) is 0 Å². The average Bonchev–Trinajstić information content (AvgIpc) is 2.34. The fourth-order valence-electron chi connectivity index (χ4n) is 1.49. The van der Waals surface area contributed by atoms with Gasteiger partial charge in [0.1, 0.15) is 0 Å². The van der Waals surface area contributed by atoms with Crippen LogP contribution in [0.1, 0.15) is 23.7 Å². The van der Waals surface area contributed by atoms with Crippen LogP contribution in [-0.2, 0) is 20.7 Å². The van der Waals surface area contributed by atoms with Crippen molar-refractivity contribution >= 4 is 24.6 Å². The van der Waals surface area contributed by atoms with E-state index in [9.17, 15) is 14.7 Å². The number of aliphatic hydroxyl groups is 1. The van der Waals surface area contributed by atoms with E-state index in [1.54, 1.807) is 12.1 Å². The van der Waals surface area contributed by atoms with Gasteiger partial charge in [0, 0.05) is 11.3 Å². The van der Waals surface area contributed by atoms with Gasteiger partial charge in [0.2, 0.25) is 0 Å². The minimum atomic E-state index is -1.59. The second-order valence-corrected chi connectivity index (χ2v) is 4.27. The zero-order valence-electron chi connectivity index (χ0n) is 9.79. The Morgan fingerprint density at radius 1 is 1.39 bits per heavy atom. The van der Waals surface area contributed by atoms with Crippen LogP contribution in [0.5, 0.6) is 0 Å². The summed E-state index contributed by atoms with van der Waals surface area (Å²) in [5, 5.41) is 18.2. The minimum absolute atomic E-state index is 0.191. The summed E-state index contributed by atoms with van der Waals surface area (Å²) in [5.41, 5.74) is 0.970. The van der Waals surface area contributed by atoms with Crippen LogP contribution >= 0.6 is 12.6 Å². The fraction of sp³-hybridized carbons (Fsp3) is 0.333. The molecular weight excluding hydrogens is 256 g/mol. The topological polar surface area (TPSA) is 83.8 Å². The van der Waals surface area contributed by atoms with Gasteiger partial charge in [0.15, 0.2) is 6.10 Å². The van der Waals surface area contributed by atoms with E-state index in [0.29, 0.717) is 11.3 Å². The molecule has 2 N–H and O–H groups in total. The number of carboxylic acids is 1. The Balaban J connectivity index is 2.87. The minimum Gasteiger partial charge on any atom is -0.479 e. The Labute approximate surface area is 110 Å². The van der Waals surface area contributed by atoms with Crippen molar-refractivity contribution < 1.29 is 24.5 Å². The van der Waals surface area contributed by atoms with Gasteiger partial charge in [-0.2, -0.15) is 0 Å². The molecule has 0 radical (unpaired) electrons. The Kier molecular flexibility index (Phi) is 5.18. The smallest absolute Gasteiger partial charge is 0.337 e. The van der Waals surface area contributed by atoms with Crippen LogP contribution in [0.2, 0.25) is 0 Å². The number of carbonyl (C=O) groups excluding carboxylic acids is 1. The quantitative estimate of drug-likeness (QED) is 0.553. The summed E-state index contributed by atoms with van der Waals surface area (Å²) in [4.78, 5) is 22.2. The largest absolute Gasteiger partial charge is 0.479 e. The van der Waals surface area contributed by atoms with E-state index in [2.05, 4.69) is 17.4 Å². The SMILES string of the molecule is COC(=O)CCc1cc(S)cc(C(O)C(=O)O)c1. The number of hydrogen-bond donors (Lipinski definition) is 3. The zero-order chi connectivity index (χ0) is 13.7. The number of benzene rings is 1. The van der Waals surface area contributed by atoms with Crippen molar-refractivity contribution in [2.75, 3.05) is 7.11 Å². The number of carboxylic acid groups (broad SMARTS) is 1. The van der Waals surface area contributed by atoms with E-state index >= 15 is 0 Å². The van der Waals surface area contributed by atoms with Crippen LogP contribution < -0.4 is 0 Å². The summed E-state index contributed by atoms with van der Waals surface area (Å²) in [6.07, 6.45) is -0.995. The molecule has 1 aromatic rings. The first-order valence-corrected chi connectivity index (χ1v) is 5.69. The molecule has 0 fully saturated rings. The number of aryl methyl sites for hydroxylation is 1. The van der Waals surface area contributed by atoms with E-state index in [-0.39, 0.29) is 18.0 Å². The number of methoxy groups -OCH3 is 1. The maximum absolute atomic E-state index is 11.0. The Hall–Kier alpha value is -1.53. The number of hydrogen-bond acceptors (Lipinski definition) is 5. The van der Waals surface area contributed by atoms with E-state index in [1.165, 1.54) is 13.2 Å². The lowest BCUT2D eigenvalue weighted by Gasteiger charge is -2.09. The monoisotopic (exact) mass is 270 g/mol. The average molecular weight is 270 g/mol. The highest BCUT2D eigenvalue weighted by atomic mass is 32.1. The molecule has 0 aliphatic carbocycles. The van der Waals surface area contributed by atoms with Crippen LogP contribution in [0.4, 0.5) is 0 Å². The second kappa shape index (κ2) is 6.42. The van der Waals surface area contributed by atoms with Crippen molar-refractivity contribution in [1.82, 2.24) is 0 Å². The van der Waals surface area contributed by atoms with Crippen LogP contribution in [0.15, 0.2) is 23.1 Å². The molecule has 1 atom stereocenters. The maximum Gasteiger partial charge on any atom is 0.337 e. The Morgan fingerprint density at radius 2 is 2.06 bits per heavy atom. The van der Waals surface area contributed by atoms with Crippen LogP contribution in [0.3, 0.4) is 0 Å². The first kappa shape index (κ1) is 14.5. The highest BCUT2D eigenvalue weighted by Gasteiger charge is 2.17. The van der Waals surface area contributed by atoms with E-state index < -0.39 is 12.1 Å². The third-order valence-corrected chi connectivity index (χ3v) is 2.65. The van der Waals surface area contributed by atoms with Crippen LogP contribution in [0.25, 0.3) is 0 Å². The molecule has 1 rings (SSSR count). The van der Waals surface area contributed by atoms with Gasteiger partial charge in [-0.25, -0.2) is 4.79 Å². The summed E-state index contributed by atoms with van der Waals surface area (Å²) >= 11 is 4.13. The maximum atomic E-state index is 11.0. The molecule has 1 aromatic carbocycles. The summed E-state index contributed by atoms with van der Waals surface area (Å²) in [6, 6.07) is 4.73. The van der Waals surface area contributed by atoms with Crippen molar-refractivity contribution in [2.24, 2.45) is 0 Å². The van der Waals surface area contributed by atoms with E-state index in [4.69, 9.17) is 5.11 Å². The number of ether oxygens (including phenoxy) is 1. The van der Waals surface area contributed by atoms with Crippen molar-refractivity contribution in [1.29, 1.82) is 0 Å². The molecule has 0 bridgehead atoms. The lowest BCUT2D eigenvalue weighted by molar-refractivity contribution is -0.147. The van der Waals surface area contributed by atoms with E-state index in [0.717, 1.165) is 5.56 Å². The predicted molar refractivity (Wildman–Crippen MR) is 66.6 cm³/mol. The molecule has 0 aliphatic heterocycles. The van der Waals surface area contributed by atoms with Gasteiger partial charge in [-0.3, -0.25) is 4.79 Å². The predicted octanol–water partition coefficient (Wildman–Crippen LogP) is 1.20. The molecule has 18 heavy (non-hydrogen) atoms. The molecule has 0 heterocycles. The molecule has 5 nitrogen and oxygen atoms in total. The first-order valence-electron chi connectivity index (χ1n) is 5.24. The number of aliphatic hydroxyl groups excluding tert-OH is 1. The fourth-order valence-corrected chi connectivity index (χ4v) is 1.81. The van der Waals surface area contributed by atoms with Crippen molar-refractivity contribution in [2.45, 2.75) is 23.8 Å². The summed E-state index contributed by atoms with van der Waals surface area (Å²) in [7, 11) is 1.30. The molecule has 0 aliphatic rings. The van der Waals surface area contributed by atoms with E-state index in [1.807, 2.05) is 0 Å². The van der Waals surface area contributed by atoms with Crippen LogP contribution in [-0.4, -0.2) is 29.3 Å². The molecule has 0 aromatic heterocycles. The van der Waals surface area contributed by atoms with Crippen molar-refractivity contribution in [3.63, 3.8) is 0 Å². The third-order valence-electron chi connectivity index (χ3n) is 2.40. The third kappa shape index (κ3) is 4.05. The normalized spacial score (nSPS) is 11.9. The number of carbonyl (C=O) groups is 2. The molecular formula is C12H14O5S. The number of esters is 1. The Morgan fingerprint density at radius 3 is 2.61 bits per heavy atom. The number of aliphatic carboxylic acids is 1. The van der Waals surface area contributed by atoms with Gasteiger partial charge >= 0.3 is 11.9 Å². The van der Waals surface area contributed by atoms with Crippen molar-refractivity contribution in [3.05, 3.63) is 29.3 Å². The number of rotatable bonds is 5. The number of thiol groups is 1. The molecule has 98 valence electrons. The molecule has 0 saturated heterocycles. The van der Waals surface area contributed by atoms with Gasteiger partial charge in [0.05, 0.1) is 7.11 Å². The molecule has 0 amide bonds. The first-order chi connectivity index (χ1) is 8.43. The van der Waals surface area contributed by atoms with Crippen LogP contribution in [0, 0.1) is 0 Å². The van der Waals surface area contributed by atoms with Gasteiger partial charge in [0.25, 0.3) is 0 Å². The van der Waals surface area contributed by atoms with Gasteiger partial charge < -0.3 is 14.9 Å². The highest BCUT2D eigenvalue weighted by Crippen LogP contribution is 2.21. The second-order valence-electron chi connectivity index (χ2n) is 3.75. The molecule has 0 saturated carbocycles. The van der Waals surface area contributed by atoms with Gasteiger partial charge in [-0.15, -0.1) is 12.6 Å². The molecule has 1 unspecified atom stereocenters. The lowest BCUT2D eigenvalue weighted by atomic mass is 10.0. The molecule has 6 heteroatoms. The Bertz CT molecular complexity index is 458. The standard InChI is InChI=1S/C12H14O5S/c1-17-10(13)3-2-7-4-8(6-9(18)5-7)11(14)12(15)16/h4-6,11,14,18H,2-3H2,1H3,(H,15,16). The highest BCUT2D eigenvalue weighted by molar-refractivity contribution is 7.80. The molecule has 0 spiro atoms. The van der Waals surface area contributed by atoms with Gasteiger partial charge in [-0.05, 0) is 29.7 Å². The lowest BCUT2D eigenvalue weighted by Crippen LogP contribution is -2.11.